The van der Waals surface area contributed by atoms with Gasteiger partial charge in [0.2, 0.25) is 0 Å². The molecule has 0 radical (unpaired) electrons. The van der Waals surface area contributed by atoms with Crippen LogP contribution in [-0.2, 0) is 0 Å². The van der Waals surface area contributed by atoms with Crippen LogP contribution in [0.1, 0.15) is 47.0 Å². The van der Waals surface area contributed by atoms with Gasteiger partial charge in [-0.05, 0) is 58.7 Å². The molecule has 1 saturated heterocycles. The van der Waals surface area contributed by atoms with E-state index in [0.717, 1.165) is 0 Å². The van der Waals surface area contributed by atoms with Crippen molar-refractivity contribution in [3.63, 3.8) is 0 Å². The van der Waals surface area contributed by atoms with E-state index in [-0.39, 0.29) is 29.9 Å². The quantitative estimate of drug-likeness (QED) is 0.484. The van der Waals surface area contributed by atoms with Crippen molar-refractivity contribution in [2.75, 3.05) is 0 Å². The number of rotatable bonds is 0. The van der Waals surface area contributed by atoms with Crippen LogP contribution < -0.4 is 0 Å². The summed E-state index contributed by atoms with van der Waals surface area (Å²) in [5, 5.41) is 0. The van der Waals surface area contributed by atoms with E-state index < -0.39 is 18.2 Å². The van der Waals surface area contributed by atoms with Gasteiger partial charge < -0.3 is 18.1 Å². The van der Waals surface area contributed by atoms with Crippen molar-refractivity contribution in [3.8, 4) is 0 Å². The van der Waals surface area contributed by atoms with Gasteiger partial charge in [0, 0.05) is 11.1 Å². The van der Waals surface area contributed by atoms with Gasteiger partial charge in [0.25, 0.3) is 0 Å². The third-order valence-electron chi connectivity index (χ3n) is 2.64. The molecule has 0 N–H and O–H groups in total. The van der Waals surface area contributed by atoms with Crippen LogP contribution in [0.3, 0.4) is 0 Å². The molecule has 0 aliphatic carbocycles. The molecule has 1 aliphatic heterocycles. The number of hydrogen-bond acceptors (Lipinski definition) is 1. The molecule has 84 valence electrons. The van der Waals surface area contributed by atoms with Gasteiger partial charge in [-0.3, -0.25) is 0 Å². The van der Waals surface area contributed by atoms with E-state index in [0.29, 0.717) is 0 Å². The van der Waals surface area contributed by atoms with Crippen LogP contribution >= 0.6 is 29.9 Å². The molecule has 0 atom stereocenters. The van der Waals surface area contributed by atoms with Crippen LogP contribution in [0.15, 0.2) is 0 Å². The summed E-state index contributed by atoms with van der Waals surface area (Å²) >= 11 is 5.59. The van der Waals surface area contributed by atoms with Gasteiger partial charge in [-0.25, -0.2) is 4.42 Å². The summed E-state index contributed by atoms with van der Waals surface area (Å²) in [7, 11) is 9.81. The third-order valence-corrected chi connectivity index (χ3v) is 3.56. The molecule has 1 fully saturated rings. The fraction of sp³-hybridized carbons (Fsp3) is 1.00. The Kier molecular flexibility index (Phi) is 10.8. The van der Waals surface area contributed by atoms with E-state index in [9.17, 15) is 0 Å². The minimum absolute atomic E-state index is 0. The van der Waals surface area contributed by atoms with Crippen molar-refractivity contribution in [1.82, 2.24) is 4.42 Å². The SMILES string of the molecule is CC1(C)CCCC(C)(C)N1Cl.[Cl][Mg][Cl].[LiH]. The molecular formula is C9H19Cl3LiMgN. The molecule has 6 heteroatoms. The molecule has 15 heavy (non-hydrogen) atoms. The first-order chi connectivity index (χ1) is 6.28. The van der Waals surface area contributed by atoms with E-state index in [1.165, 1.54) is 19.3 Å². The molecule has 1 rings (SSSR count). The zero-order chi connectivity index (χ0) is 11.4. The number of hydrogen-bond donors (Lipinski definition) is 0. The van der Waals surface area contributed by atoms with Crippen LogP contribution in [0.25, 0.3) is 0 Å². The first kappa shape index (κ1) is 19.5. The zero-order valence-corrected chi connectivity index (χ0v) is 13.1. The minimum atomic E-state index is -0.639. The van der Waals surface area contributed by atoms with Crippen LogP contribution in [-0.4, -0.2) is 52.5 Å². The average molecular weight is 279 g/mol. The van der Waals surface area contributed by atoms with E-state index in [2.05, 4.69) is 27.7 Å². The fourth-order valence-electron chi connectivity index (χ4n) is 1.97. The van der Waals surface area contributed by atoms with Gasteiger partial charge in [0.1, 0.15) is 0 Å². The van der Waals surface area contributed by atoms with E-state index in [1.54, 1.807) is 0 Å². The molecule has 1 nitrogen and oxygen atoms in total. The van der Waals surface area contributed by atoms with Gasteiger partial charge in [0.15, 0.2) is 0 Å². The molecule has 0 saturated carbocycles. The van der Waals surface area contributed by atoms with E-state index in [4.69, 9.17) is 29.9 Å². The Bertz CT molecular complexity index is 163. The summed E-state index contributed by atoms with van der Waals surface area (Å²) in [6.07, 6.45) is 3.71. The summed E-state index contributed by atoms with van der Waals surface area (Å²) in [5.41, 5.74) is 0.340. The zero-order valence-electron chi connectivity index (χ0n) is 9.41. The standard InChI is InChI=1S/C9H18ClN.2ClH.Li.Mg.H/c1-8(2)6-5-7-9(3,4)11(8)10;;;;;/h5-7H2,1-4H3;2*1H;;;/q;;;;+2;/p-2. The van der Waals surface area contributed by atoms with Gasteiger partial charge >= 0.3 is 37.0 Å². The third kappa shape index (κ3) is 6.62. The van der Waals surface area contributed by atoms with Crippen LogP contribution in [0, 0.1) is 0 Å². The average Bonchev–Trinajstić information content (AvgIpc) is 2.01. The Balaban J connectivity index is 0. The molecule has 0 bridgehead atoms. The van der Waals surface area contributed by atoms with E-state index >= 15 is 0 Å². The second-order valence-electron chi connectivity index (χ2n) is 4.86. The molecule has 0 aromatic carbocycles. The first-order valence-corrected chi connectivity index (χ1v) is 9.47. The molecule has 0 amide bonds. The Morgan fingerprint density at radius 2 is 1.27 bits per heavy atom. The predicted octanol–water partition coefficient (Wildman–Crippen LogP) is 3.53. The van der Waals surface area contributed by atoms with Crippen molar-refractivity contribution in [3.05, 3.63) is 0 Å². The number of halogens is 3. The normalized spacial score (nSPS) is 22.9. The second-order valence-corrected chi connectivity index (χ2v) is 7.82. The van der Waals surface area contributed by atoms with Gasteiger partial charge in [-0.15, -0.1) is 0 Å². The number of piperidine rings is 1. The van der Waals surface area contributed by atoms with Crippen molar-refractivity contribution in [2.45, 2.75) is 58.0 Å². The van der Waals surface area contributed by atoms with Crippen molar-refractivity contribution >= 4 is 66.9 Å². The second kappa shape index (κ2) is 8.32. The summed E-state index contributed by atoms with van der Waals surface area (Å²) in [4.78, 5) is 0. The fourth-order valence-corrected chi connectivity index (χ4v) is 2.14. The van der Waals surface area contributed by atoms with Gasteiger partial charge in [-0.1, -0.05) is 0 Å². The maximum absolute atomic E-state index is 6.23. The molecule has 0 aromatic heterocycles. The molecule has 1 aliphatic rings. The number of nitrogens with zero attached hydrogens (tertiary/aromatic N) is 1. The first-order valence-electron chi connectivity index (χ1n) is 4.86. The molecule has 0 spiro atoms. The summed E-state index contributed by atoms with van der Waals surface area (Å²) in [5.74, 6) is 0. The van der Waals surface area contributed by atoms with Crippen LogP contribution in [0.2, 0.25) is 0 Å². The Hall–Kier alpha value is 2.19. The van der Waals surface area contributed by atoms with Crippen LogP contribution in [0.4, 0.5) is 0 Å². The van der Waals surface area contributed by atoms with Gasteiger partial charge in [0.05, 0.1) is 0 Å². The molecule has 1 heterocycles. The summed E-state index contributed by atoms with van der Waals surface area (Å²) in [6.45, 7) is 8.84. The predicted molar refractivity (Wildman–Crippen MR) is 74.3 cm³/mol. The molecule has 0 aromatic rings. The Morgan fingerprint density at radius 3 is 1.47 bits per heavy atom. The molecule has 0 unspecified atom stereocenters. The van der Waals surface area contributed by atoms with Crippen molar-refractivity contribution < 1.29 is 0 Å². The Morgan fingerprint density at radius 1 is 1.00 bits per heavy atom. The van der Waals surface area contributed by atoms with Crippen LogP contribution in [0.5, 0.6) is 0 Å². The van der Waals surface area contributed by atoms with Crippen molar-refractivity contribution in [1.29, 1.82) is 0 Å². The maximum atomic E-state index is 6.23. The van der Waals surface area contributed by atoms with Gasteiger partial charge in [-0.2, -0.15) is 0 Å². The monoisotopic (exact) mass is 277 g/mol. The topological polar surface area (TPSA) is 3.24 Å². The summed E-state index contributed by atoms with van der Waals surface area (Å²) < 4.78 is 1.99. The summed E-state index contributed by atoms with van der Waals surface area (Å²) in [6, 6.07) is 0. The van der Waals surface area contributed by atoms with Crippen molar-refractivity contribution in [2.24, 2.45) is 0 Å². The molecular weight excluding hydrogens is 260 g/mol. The van der Waals surface area contributed by atoms with E-state index in [1.807, 2.05) is 4.42 Å². The Labute approximate surface area is 128 Å².